The third kappa shape index (κ3) is 5.40. The molecule has 0 unspecified atom stereocenters. The lowest BCUT2D eigenvalue weighted by atomic mass is 9.98. The van der Waals surface area contributed by atoms with Crippen LogP contribution in [0.1, 0.15) is 12.5 Å². The zero-order valence-electron chi connectivity index (χ0n) is 17.4. The largest absolute Gasteiger partial charge is 0.490 e. The number of hydrogen-bond donors (Lipinski definition) is 2. The molecule has 3 aromatic rings. The Morgan fingerprint density at radius 1 is 0.633 bits per heavy atom. The number of benzene rings is 3. The van der Waals surface area contributed by atoms with Crippen molar-refractivity contribution < 1.29 is 29.2 Å². The molecule has 0 heterocycles. The predicted molar refractivity (Wildman–Crippen MR) is 118 cm³/mol. The van der Waals surface area contributed by atoms with Crippen molar-refractivity contribution in [3.8, 4) is 11.5 Å². The summed E-state index contributed by atoms with van der Waals surface area (Å²) < 4.78 is 23.0. The summed E-state index contributed by atoms with van der Waals surface area (Å²) in [6, 6.07) is 14.4. The summed E-state index contributed by atoms with van der Waals surface area (Å²) >= 11 is 0. The number of rotatable bonds is 13. The number of aliphatic hydroxyl groups excluding tert-OH is 2. The van der Waals surface area contributed by atoms with Crippen molar-refractivity contribution in [1.29, 1.82) is 0 Å². The fourth-order valence-corrected chi connectivity index (χ4v) is 3.42. The van der Waals surface area contributed by atoms with E-state index < -0.39 is 0 Å². The number of aliphatic hydroxyl groups is 2. The van der Waals surface area contributed by atoms with E-state index in [1.54, 1.807) is 0 Å². The second-order valence-corrected chi connectivity index (χ2v) is 6.81. The molecule has 6 nitrogen and oxygen atoms in total. The molecule has 0 aliphatic carbocycles. The number of fused-ring (bicyclic) bond motifs is 2. The van der Waals surface area contributed by atoms with Gasteiger partial charge in [-0.15, -0.1) is 0 Å². The lowest BCUT2D eigenvalue weighted by molar-refractivity contribution is 0.0707. The van der Waals surface area contributed by atoms with E-state index >= 15 is 0 Å². The Morgan fingerprint density at radius 3 is 1.70 bits per heavy atom. The first-order valence-electron chi connectivity index (χ1n) is 10.4. The van der Waals surface area contributed by atoms with Gasteiger partial charge >= 0.3 is 0 Å². The maximum Gasteiger partial charge on any atom is 0.135 e. The molecule has 30 heavy (non-hydrogen) atoms. The molecule has 0 saturated heterocycles. The second-order valence-electron chi connectivity index (χ2n) is 6.81. The highest BCUT2D eigenvalue weighted by Gasteiger charge is 2.16. The summed E-state index contributed by atoms with van der Waals surface area (Å²) in [5, 5.41) is 21.7. The Hall–Kier alpha value is -2.38. The topological polar surface area (TPSA) is 77.4 Å². The third-order valence-corrected chi connectivity index (χ3v) is 4.82. The molecular formula is C24H30O6. The van der Waals surface area contributed by atoms with Crippen molar-refractivity contribution in [3.63, 3.8) is 0 Å². The van der Waals surface area contributed by atoms with Gasteiger partial charge in [0.2, 0.25) is 0 Å². The first kappa shape index (κ1) is 22.3. The van der Waals surface area contributed by atoms with Crippen molar-refractivity contribution in [3.05, 3.63) is 48.0 Å². The van der Waals surface area contributed by atoms with Crippen LogP contribution in [0.15, 0.2) is 42.5 Å². The van der Waals surface area contributed by atoms with Crippen LogP contribution in [-0.2, 0) is 15.9 Å². The van der Waals surface area contributed by atoms with Gasteiger partial charge in [-0.25, -0.2) is 0 Å². The molecule has 3 rings (SSSR count). The average Bonchev–Trinajstić information content (AvgIpc) is 2.79. The fraction of sp³-hybridized carbons (Fsp3) is 0.417. The lowest BCUT2D eigenvalue weighted by Crippen LogP contribution is -2.11. The Bertz CT molecular complexity index is 940. The minimum Gasteiger partial charge on any atom is -0.490 e. The molecule has 6 heteroatoms. The number of ether oxygens (including phenoxy) is 4. The molecule has 0 atom stereocenters. The quantitative estimate of drug-likeness (QED) is 0.330. The fourth-order valence-electron chi connectivity index (χ4n) is 3.42. The predicted octanol–water partition coefficient (Wildman–Crippen LogP) is 3.33. The van der Waals surface area contributed by atoms with Crippen molar-refractivity contribution >= 4 is 21.5 Å². The van der Waals surface area contributed by atoms with Crippen molar-refractivity contribution in [1.82, 2.24) is 0 Å². The average molecular weight is 414 g/mol. The van der Waals surface area contributed by atoms with E-state index in [1.165, 1.54) is 5.56 Å². The Labute approximate surface area is 176 Å². The molecule has 3 aromatic carbocycles. The highest BCUT2D eigenvalue weighted by atomic mass is 16.5. The van der Waals surface area contributed by atoms with Crippen LogP contribution in [0.5, 0.6) is 11.5 Å². The van der Waals surface area contributed by atoms with Crippen LogP contribution in [0, 0.1) is 0 Å². The van der Waals surface area contributed by atoms with E-state index in [0.29, 0.717) is 39.6 Å². The molecule has 162 valence electrons. The maximum absolute atomic E-state index is 8.87. The molecule has 0 aromatic heterocycles. The highest BCUT2D eigenvalue weighted by Crippen LogP contribution is 2.43. The molecular weight excluding hydrogens is 384 g/mol. The summed E-state index contributed by atoms with van der Waals surface area (Å²) in [7, 11) is 0. The van der Waals surface area contributed by atoms with Gasteiger partial charge in [0.15, 0.2) is 0 Å². The van der Waals surface area contributed by atoms with Gasteiger partial charge in [-0.05, 0) is 18.1 Å². The van der Waals surface area contributed by atoms with E-state index in [-0.39, 0.29) is 13.2 Å². The molecule has 0 amide bonds. The van der Waals surface area contributed by atoms with Crippen LogP contribution in [0.25, 0.3) is 21.5 Å². The minimum atomic E-state index is -0.000287. The zero-order valence-corrected chi connectivity index (χ0v) is 17.4. The molecule has 0 bridgehead atoms. The summed E-state index contributed by atoms with van der Waals surface area (Å²) in [6.45, 7) is 4.33. The summed E-state index contributed by atoms with van der Waals surface area (Å²) in [4.78, 5) is 0. The van der Waals surface area contributed by atoms with Gasteiger partial charge in [0, 0.05) is 21.5 Å². The summed E-state index contributed by atoms with van der Waals surface area (Å²) in [6.07, 6.45) is 0.924. The lowest BCUT2D eigenvalue weighted by Gasteiger charge is -2.18. The van der Waals surface area contributed by atoms with Gasteiger partial charge in [-0.3, -0.25) is 0 Å². The van der Waals surface area contributed by atoms with Crippen molar-refractivity contribution in [2.45, 2.75) is 13.3 Å². The van der Waals surface area contributed by atoms with Crippen LogP contribution in [0.4, 0.5) is 0 Å². The monoisotopic (exact) mass is 414 g/mol. The van der Waals surface area contributed by atoms with Gasteiger partial charge in [-0.1, -0.05) is 43.3 Å². The van der Waals surface area contributed by atoms with Crippen molar-refractivity contribution in [2.24, 2.45) is 0 Å². The molecule has 0 radical (unpaired) electrons. The van der Waals surface area contributed by atoms with Gasteiger partial charge in [0.25, 0.3) is 0 Å². The van der Waals surface area contributed by atoms with E-state index in [9.17, 15) is 0 Å². The van der Waals surface area contributed by atoms with Gasteiger partial charge in [-0.2, -0.15) is 0 Å². The maximum atomic E-state index is 8.87. The molecule has 0 aliphatic heterocycles. The molecule has 0 spiro atoms. The van der Waals surface area contributed by atoms with E-state index in [1.807, 2.05) is 24.3 Å². The summed E-state index contributed by atoms with van der Waals surface area (Å²) in [5.74, 6) is 1.62. The first-order valence-corrected chi connectivity index (χ1v) is 10.4. The molecule has 0 aliphatic rings. The Balaban J connectivity index is 1.99. The SMILES string of the molecule is CCc1ccc2c(OCCOCCO)c3ccccc3c(OCCOCCO)c2c1. The second kappa shape index (κ2) is 11.7. The first-order chi connectivity index (χ1) is 14.8. The van der Waals surface area contributed by atoms with Crippen LogP contribution in [0.3, 0.4) is 0 Å². The molecule has 0 fully saturated rings. The van der Waals surface area contributed by atoms with Crippen LogP contribution < -0.4 is 9.47 Å². The van der Waals surface area contributed by atoms with Gasteiger partial charge < -0.3 is 29.2 Å². The summed E-state index contributed by atoms with van der Waals surface area (Å²) in [5.41, 5.74) is 1.22. The van der Waals surface area contributed by atoms with Gasteiger partial charge in [0.05, 0.1) is 39.6 Å². The van der Waals surface area contributed by atoms with Crippen LogP contribution in [-0.4, -0.2) is 63.1 Å². The normalized spacial score (nSPS) is 11.3. The minimum absolute atomic E-state index is 0.000222. The number of hydrogen-bond acceptors (Lipinski definition) is 6. The standard InChI is InChI=1S/C24H30O6/c1-2-18-7-8-21-22(17-18)24(30-16-14-28-12-10-26)20-6-4-3-5-19(20)23(21)29-15-13-27-11-9-25/h3-8,17,25-26H,2,9-16H2,1H3. The van der Waals surface area contributed by atoms with E-state index in [2.05, 4.69) is 25.1 Å². The van der Waals surface area contributed by atoms with Crippen LogP contribution >= 0.6 is 0 Å². The van der Waals surface area contributed by atoms with Crippen LogP contribution in [0.2, 0.25) is 0 Å². The molecule has 2 N–H and O–H groups in total. The number of aryl methyl sites for hydroxylation is 1. The van der Waals surface area contributed by atoms with Crippen molar-refractivity contribution in [2.75, 3.05) is 52.9 Å². The molecule has 0 saturated carbocycles. The Kier molecular flexibility index (Phi) is 8.71. The Morgan fingerprint density at radius 2 is 1.17 bits per heavy atom. The zero-order chi connectivity index (χ0) is 21.2. The van der Waals surface area contributed by atoms with E-state index in [0.717, 1.165) is 39.5 Å². The van der Waals surface area contributed by atoms with Gasteiger partial charge in [0.1, 0.15) is 24.7 Å². The van der Waals surface area contributed by atoms with E-state index in [4.69, 9.17) is 29.2 Å². The smallest absolute Gasteiger partial charge is 0.135 e. The highest BCUT2D eigenvalue weighted by molar-refractivity contribution is 6.11. The third-order valence-electron chi connectivity index (χ3n) is 4.82.